The van der Waals surface area contributed by atoms with Crippen LogP contribution >= 0.6 is 0 Å². The Bertz CT molecular complexity index is 1050. The number of nitriles is 2. The molecule has 29 heavy (non-hydrogen) atoms. The van der Waals surface area contributed by atoms with Gasteiger partial charge in [0, 0.05) is 17.0 Å². The van der Waals surface area contributed by atoms with E-state index in [9.17, 15) is 15.3 Å². The van der Waals surface area contributed by atoms with Crippen molar-refractivity contribution in [3.8, 4) is 12.1 Å². The van der Waals surface area contributed by atoms with Crippen molar-refractivity contribution in [2.75, 3.05) is 4.90 Å². The second-order valence-corrected chi connectivity index (χ2v) is 8.81. The van der Waals surface area contributed by atoms with Crippen LogP contribution in [0, 0.1) is 33.5 Å². The molecule has 0 aliphatic carbocycles. The third-order valence-corrected chi connectivity index (χ3v) is 6.08. The number of Topliss-reactive ketones (excluding diaryl/α,β-unsaturated/α-hetero) is 1. The molecule has 1 fully saturated rings. The van der Waals surface area contributed by atoms with E-state index in [4.69, 9.17) is 0 Å². The molecule has 0 aromatic heterocycles. The van der Waals surface area contributed by atoms with Gasteiger partial charge in [0.2, 0.25) is 0 Å². The molecule has 2 heterocycles. The summed E-state index contributed by atoms with van der Waals surface area (Å²) in [6.45, 7) is 5.70. The van der Waals surface area contributed by atoms with Gasteiger partial charge in [0.25, 0.3) is 0 Å². The molecule has 1 saturated heterocycles. The molecule has 4 heteroatoms. The number of fused-ring (bicyclic) bond motifs is 3. The van der Waals surface area contributed by atoms with E-state index in [0.29, 0.717) is 0 Å². The zero-order valence-corrected chi connectivity index (χ0v) is 16.8. The maximum atomic E-state index is 13.8. The minimum atomic E-state index is -1.36. The first kappa shape index (κ1) is 19.0. The molecule has 0 amide bonds. The van der Waals surface area contributed by atoms with Gasteiger partial charge in [-0.15, -0.1) is 0 Å². The maximum Gasteiger partial charge on any atom is 0.176 e. The Balaban J connectivity index is 2.03. The molecule has 3 atom stereocenters. The van der Waals surface area contributed by atoms with Gasteiger partial charge in [-0.1, -0.05) is 81.5 Å². The number of anilines is 1. The standard InChI is InChI=1S/C25H23N3O/c1-24(2,3)23(29)22-21(18-10-5-4-6-11-18)25(15-26,16-27)20-14-13-17-9-7-8-12-19(17)28(20)22/h4-14,20-22H,1-3H3. The monoisotopic (exact) mass is 381 g/mol. The van der Waals surface area contributed by atoms with E-state index < -0.39 is 28.8 Å². The quantitative estimate of drug-likeness (QED) is 0.756. The number of hydrogen-bond donors (Lipinski definition) is 0. The summed E-state index contributed by atoms with van der Waals surface area (Å²) < 4.78 is 0. The fourth-order valence-electron chi connectivity index (χ4n) is 4.71. The zero-order valence-electron chi connectivity index (χ0n) is 16.8. The largest absolute Gasteiger partial charge is 0.351 e. The Kier molecular flexibility index (Phi) is 4.32. The van der Waals surface area contributed by atoms with Crippen molar-refractivity contribution in [2.45, 2.75) is 38.8 Å². The fourth-order valence-corrected chi connectivity index (χ4v) is 4.71. The van der Waals surface area contributed by atoms with Crippen molar-refractivity contribution in [2.24, 2.45) is 10.8 Å². The average molecular weight is 381 g/mol. The molecule has 2 aliphatic rings. The average Bonchev–Trinajstić information content (AvgIpc) is 3.04. The van der Waals surface area contributed by atoms with Gasteiger partial charge in [-0.2, -0.15) is 10.5 Å². The molecule has 0 bridgehead atoms. The summed E-state index contributed by atoms with van der Waals surface area (Å²) in [4.78, 5) is 15.8. The molecule has 0 radical (unpaired) electrons. The van der Waals surface area contributed by atoms with Gasteiger partial charge < -0.3 is 4.90 Å². The van der Waals surface area contributed by atoms with Crippen LogP contribution in [-0.4, -0.2) is 17.9 Å². The van der Waals surface area contributed by atoms with Gasteiger partial charge >= 0.3 is 0 Å². The van der Waals surface area contributed by atoms with Crippen LogP contribution in [0.2, 0.25) is 0 Å². The lowest BCUT2D eigenvalue weighted by atomic mass is 9.68. The predicted octanol–water partition coefficient (Wildman–Crippen LogP) is 4.70. The number of rotatable bonds is 2. The number of ketones is 1. The molecular formula is C25H23N3O. The van der Waals surface area contributed by atoms with Crippen LogP contribution in [0.4, 0.5) is 5.69 Å². The summed E-state index contributed by atoms with van der Waals surface area (Å²) in [5.74, 6) is -0.514. The van der Waals surface area contributed by atoms with Gasteiger partial charge in [-0.25, -0.2) is 0 Å². The number of nitrogens with zero attached hydrogens (tertiary/aromatic N) is 3. The van der Waals surface area contributed by atoms with Crippen molar-refractivity contribution in [1.29, 1.82) is 10.5 Å². The van der Waals surface area contributed by atoms with E-state index in [1.807, 2.05) is 92.4 Å². The Morgan fingerprint density at radius 2 is 1.62 bits per heavy atom. The molecule has 4 nitrogen and oxygen atoms in total. The second kappa shape index (κ2) is 6.61. The molecular weight excluding hydrogens is 358 g/mol. The molecule has 2 aliphatic heterocycles. The van der Waals surface area contributed by atoms with Gasteiger partial charge in [0.1, 0.15) is 0 Å². The highest BCUT2D eigenvalue weighted by molar-refractivity contribution is 5.96. The summed E-state index contributed by atoms with van der Waals surface area (Å²) >= 11 is 0. The van der Waals surface area contributed by atoms with Crippen LogP contribution in [0.15, 0.2) is 60.7 Å². The van der Waals surface area contributed by atoms with Gasteiger partial charge in [0.05, 0.1) is 24.2 Å². The molecule has 2 aromatic carbocycles. The van der Waals surface area contributed by atoms with Gasteiger partial charge in [-0.05, 0) is 17.2 Å². The van der Waals surface area contributed by atoms with Crippen molar-refractivity contribution in [3.05, 3.63) is 71.8 Å². The van der Waals surface area contributed by atoms with E-state index in [2.05, 4.69) is 12.1 Å². The number of para-hydroxylation sites is 1. The third-order valence-electron chi connectivity index (χ3n) is 6.08. The van der Waals surface area contributed by atoms with Gasteiger partial charge in [-0.3, -0.25) is 4.79 Å². The first-order chi connectivity index (χ1) is 13.8. The van der Waals surface area contributed by atoms with Crippen LogP contribution in [0.1, 0.15) is 37.8 Å². The Morgan fingerprint density at radius 1 is 1.00 bits per heavy atom. The molecule has 0 N–H and O–H groups in total. The molecule has 4 rings (SSSR count). The third kappa shape index (κ3) is 2.68. The van der Waals surface area contributed by atoms with Crippen LogP contribution in [0.25, 0.3) is 6.08 Å². The highest BCUT2D eigenvalue weighted by Crippen LogP contribution is 2.55. The van der Waals surface area contributed by atoms with E-state index in [-0.39, 0.29) is 5.78 Å². The number of hydrogen-bond acceptors (Lipinski definition) is 4. The van der Waals surface area contributed by atoms with Crippen LogP contribution in [0.5, 0.6) is 0 Å². The Hall–Kier alpha value is -3.37. The molecule has 0 saturated carbocycles. The maximum absolute atomic E-state index is 13.8. The molecule has 2 aromatic rings. The minimum Gasteiger partial charge on any atom is -0.351 e. The lowest BCUT2D eigenvalue weighted by Gasteiger charge is -2.37. The lowest BCUT2D eigenvalue weighted by Crippen LogP contribution is -2.47. The van der Waals surface area contributed by atoms with E-state index in [1.54, 1.807) is 0 Å². The molecule has 144 valence electrons. The molecule has 3 unspecified atom stereocenters. The van der Waals surface area contributed by atoms with Crippen LogP contribution < -0.4 is 4.90 Å². The first-order valence-corrected chi connectivity index (χ1v) is 9.82. The SMILES string of the molecule is CC(C)(C)C(=O)C1C(c2ccccc2)C(C#N)(C#N)C2C=Cc3ccccc3N12. The summed E-state index contributed by atoms with van der Waals surface area (Å²) in [6, 6.07) is 21.0. The number of benzene rings is 2. The number of carbonyl (C=O) groups is 1. The Labute approximate surface area is 171 Å². The van der Waals surface area contributed by atoms with Crippen LogP contribution in [-0.2, 0) is 4.79 Å². The Morgan fingerprint density at radius 3 is 2.24 bits per heavy atom. The predicted molar refractivity (Wildman–Crippen MR) is 113 cm³/mol. The topological polar surface area (TPSA) is 67.9 Å². The summed E-state index contributed by atoms with van der Waals surface area (Å²) in [6.07, 6.45) is 3.88. The number of carbonyl (C=O) groups excluding carboxylic acids is 1. The highest BCUT2D eigenvalue weighted by Gasteiger charge is 2.64. The van der Waals surface area contributed by atoms with Crippen LogP contribution in [0.3, 0.4) is 0 Å². The smallest absolute Gasteiger partial charge is 0.176 e. The van der Waals surface area contributed by atoms with Crippen molar-refractivity contribution < 1.29 is 4.79 Å². The van der Waals surface area contributed by atoms with E-state index in [0.717, 1.165) is 16.8 Å². The minimum absolute atomic E-state index is 0.0360. The summed E-state index contributed by atoms with van der Waals surface area (Å²) in [5.41, 5.74) is 0.763. The van der Waals surface area contributed by atoms with Gasteiger partial charge in [0.15, 0.2) is 11.2 Å². The van der Waals surface area contributed by atoms with E-state index >= 15 is 0 Å². The first-order valence-electron chi connectivity index (χ1n) is 9.82. The van der Waals surface area contributed by atoms with Crippen molar-refractivity contribution in [1.82, 2.24) is 0 Å². The van der Waals surface area contributed by atoms with Crippen molar-refractivity contribution in [3.63, 3.8) is 0 Å². The summed E-state index contributed by atoms with van der Waals surface area (Å²) in [7, 11) is 0. The zero-order chi connectivity index (χ0) is 20.8. The normalized spacial score (nSPS) is 24.2. The second-order valence-electron chi connectivity index (χ2n) is 8.81. The lowest BCUT2D eigenvalue weighted by molar-refractivity contribution is -0.127. The highest BCUT2D eigenvalue weighted by atomic mass is 16.1. The fraction of sp³-hybridized carbons (Fsp3) is 0.320. The van der Waals surface area contributed by atoms with Crippen molar-refractivity contribution >= 4 is 17.5 Å². The summed E-state index contributed by atoms with van der Waals surface area (Å²) in [5, 5.41) is 20.6. The van der Waals surface area contributed by atoms with E-state index in [1.165, 1.54) is 0 Å². The molecule has 0 spiro atoms.